The second-order valence-electron chi connectivity index (χ2n) is 6.27. The number of aromatic nitrogens is 2. The number of carbonyl (C=O) groups excluding carboxylic acids is 2. The van der Waals surface area contributed by atoms with Crippen LogP contribution in [0.3, 0.4) is 0 Å². The maximum atomic E-state index is 14.0. The van der Waals surface area contributed by atoms with Gasteiger partial charge in [-0.1, -0.05) is 0 Å². The van der Waals surface area contributed by atoms with Gasteiger partial charge in [0.25, 0.3) is 5.91 Å². The lowest BCUT2D eigenvalue weighted by molar-refractivity contribution is -0.114. The maximum absolute atomic E-state index is 14.0. The Balaban J connectivity index is 1.80. The van der Waals surface area contributed by atoms with Crippen molar-refractivity contribution in [2.75, 3.05) is 10.6 Å². The van der Waals surface area contributed by atoms with Gasteiger partial charge in [0.15, 0.2) is 0 Å². The number of hydrogen-bond donors (Lipinski definition) is 2. The number of nitrogens with zero attached hydrogens (tertiary/aromatic N) is 2. The van der Waals surface area contributed by atoms with Crippen LogP contribution in [0.15, 0.2) is 46.9 Å². The van der Waals surface area contributed by atoms with Crippen molar-refractivity contribution >= 4 is 39.1 Å². The lowest BCUT2D eigenvalue weighted by Crippen LogP contribution is -2.14. The highest BCUT2D eigenvalue weighted by Crippen LogP contribution is 2.24. The van der Waals surface area contributed by atoms with E-state index in [0.29, 0.717) is 11.3 Å². The zero-order valence-corrected chi connectivity index (χ0v) is 17.1. The quantitative estimate of drug-likeness (QED) is 0.617. The van der Waals surface area contributed by atoms with Crippen molar-refractivity contribution in [3.05, 3.63) is 69.7 Å². The molecular formula is C20H18BrFN4O2. The number of amides is 2. The van der Waals surface area contributed by atoms with Gasteiger partial charge in [0.1, 0.15) is 5.82 Å². The summed E-state index contributed by atoms with van der Waals surface area (Å²) < 4.78 is 16.7. The van der Waals surface area contributed by atoms with Gasteiger partial charge in [-0.25, -0.2) is 9.07 Å². The molecule has 144 valence electrons. The molecule has 0 spiro atoms. The standard InChI is InChI=1S/C20H18BrFN4O2/c1-11-19(21)12(2)26(25-11)16-7-4-14(5-8-16)20(28)24-18-10-15(23-13(3)27)6-9-17(18)22/h4-10H,1-3H3,(H,23,27)(H,24,28). The lowest BCUT2D eigenvalue weighted by atomic mass is 10.2. The molecular weight excluding hydrogens is 427 g/mol. The van der Waals surface area contributed by atoms with Crippen LogP contribution in [-0.2, 0) is 4.79 Å². The second-order valence-corrected chi connectivity index (χ2v) is 7.07. The summed E-state index contributed by atoms with van der Waals surface area (Å²) in [7, 11) is 0. The number of rotatable bonds is 4. The predicted molar refractivity (Wildman–Crippen MR) is 109 cm³/mol. The highest BCUT2D eigenvalue weighted by molar-refractivity contribution is 9.10. The van der Waals surface area contributed by atoms with Gasteiger partial charge >= 0.3 is 0 Å². The van der Waals surface area contributed by atoms with E-state index in [4.69, 9.17) is 0 Å². The number of anilines is 2. The number of nitrogens with one attached hydrogen (secondary N) is 2. The summed E-state index contributed by atoms with van der Waals surface area (Å²) in [6.45, 7) is 5.19. The Morgan fingerprint density at radius 3 is 2.32 bits per heavy atom. The van der Waals surface area contributed by atoms with E-state index < -0.39 is 11.7 Å². The molecule has 0 aliphatic rings. The van der Waals surface area contributed by atoms with Crippen LogP contribution >= 0.6 is 15.9 Å². The maximum Gasteiger partial charge on any atom is 0.255 e. The third-order valence-corrected chi connectivity index (χ3v) is 5.26. The Morgan fingerprint density at radius 2 is 1.75 bits per heavy atom. The van der Waals surface area contributed by atoms with Gasteiger partial charge in [-0.2, -0.15) is 5.10 Å². The van der Waals surface area contributed by atoms with E-state index in [1.54, 1.807) is 28.9 Å². The first-order valence-electron chi connectivity index (χ1n) is 8.47. The molecule has 1 aromatic heterocycles. The largest absolute Gasteiger partial charge is 0.326 e. The molecule has 0 saturated carbocycles. The van der Waals surface area contributed by atoms with E-state index in [1.165, 1.54) is 25.1 Å². The normalized spacial score (nSPS) is 10.6. The van der Waals surface area contributed by atoms with Crippen LogP contribution in [0, 0.1) is 19.7 Å². The van der Waals surface area contributed by atoms with E-state index >= 15 is 0 Å². The van der Waals surface area contributed by atoms with Crippen molar-refractivity contribution in [2.45, 2.75) is 20.8 Å². The Labute approximate surface area is 169 Å². The average Bonchev–Trinajstić information content (AvgIpc) is 2.91. The summed E-state index contributed by atoms with van der Waals surface area (Å²) in [6.07, 6.45) is 0. The number of halogens is 2. The van der Waals surface area contributed by atoms with Gasteiger partial charge in [0.05, 0.1) is 27.2 Å². The zero-order chi connectivity index (χ0) is 20.4. The van der Waals surface area contributed by atoms with Crippen LogP contribution in [0.25, 0.3) is 5.69 Å². The van der Waals surface area contributed by atoms with Crippen LogP contribution < -0.4 is 10.6 Å². The van der Waals surface area contributed by atoms with Crippen molar-refractivity contribution in [3.8, 4) is 5.69 Å². The molecule has 1 heterocycles. The van der Waals surface area contributed by atoms with Gasteiger partial charge in [-0.15, -0.1) is 0 Å². The first-order chi connectivity index (χ1) is 13.3. The Bertz CT molecular complexity index is 1060. The summed E-state index contributed by atoms with van der Waals surface area (Å²) in [6, 6.07) is 10.8. The molecule has 8 heteroatoms. The molecule has 0 unspecified atom stereocenters. The fourth-order valence-electron chi connectivity index (χ4n) is 2.73. The van der Waals surface area contributed by atoms with Gasteiger partial charge in [0.2, 0.25) is 5.91 Å². The zero-order valence-electron chi connectivity index (χ0n) is 15.5. The number of hydrogen-bond acceptors (Lipinski definition) is 3. The summed E-state index contributed by atoms with van der Waals surface area (Å²) in [4.78, 5) is 23.6. The van der Waals surface area contributed by atoms with E-state index in [1.807, 2.05) is 13.8 Å². The van der Waals surface area contributed by atoms with E-state index in [9.17, 15) is 14.0 Å². The monoisotopic (exact) mass is 444 g/mol. The van der Waals surface area contributed by atoms with Gasteiger partial charge in [-0.05, 0) is 72.2 Å². The smallest absolute Gasteiger partial charge is 0.255 e. The van der Waals surface area contributed by atoms with Gasteiger partial charge < -0.3 is 10.6 Å². The van der Waals surface area contributed by atoms with Crippen LogP contribution in [0.1, 0.15) is 28.7 Å². The molecule has 3 rings (SSSR count). The van der Waals surface area contributed by atoms with Crippen molar-refractivity contribution in [1.82, 2.24) is 9.78 Å². The molecule has 0 radical (unpaired) electrons. The van der Waals surface area contributed by atoms with Crippen LogP contribution in [-0.4, -0.2) is 21.6 Å². The highest BCUT2D eigenvalue weighted by atomic mass is 79.9. The summed E-state index contributed by atoms with van der Waals surface area (Å²) >= 11 is 3.49. The molecule has 0 fully saturated rings. The molecule has 2 aromatic carbocycles. The molecule has 3 aromatic rings. The van der Waals surface area contributed by atoms with Gasteiger partial charge in [0, 0.05) is 18.2 Å². The van der Waals surface area contributed by atoms with Crippen LogP contribution in [0.2, 0.25) is 0 Å². The SMILES string of the molecule is CC(=O)Nc1ccc(F)c(NC(=O)c2ccc(-n3nc(C)c(Br)c3C)cc2)c1. The number of carbonyl (C=O) groups is 2. The average molecular weight is 445 g/mol. The van der Waals surface area contributed by atoms with Crippen molar-refractivity contribution in [1.29, 1.82) is 0 Å². The molecule has 0 saturated heterocycles. The van der Waals surface area contributed by atoms with E-state index in [2.05, 4.69) is 31.7 Å². The van der Waals surface area contributed by atoms with E-state index in [-0.39, 0.29) is 11.6 Å². The molecule has 2 N–H and O–H groups in total. The summed E-state index contributed by atoms with van der Waals surface area (Å²) in [5.41, 5.74) is 3.38. The second kappa shape index (κ2) is 7.93. The minimum absolute atomic E-state index is 0.0113. The topological polar surface area (TPSA) is 76.0 Å². The summed E-state index contributed by atoms with van der Waals surface area (Å²) in [5, 5.41) is 9.53. The van der Waals surface area contributed by atoms with Crippen LogP contribution in [0.4, 0.5) is 15.8 Å². The van der Waals surface area contributed by atoms with E-state index in [0.717, 1.165) is 21.5 Å². The molecule has 2 amide bonds. The lowest BCUT2D eigenvalue weighted by Gasteiger charge is -2.10. The number of benzene rings is 2. The molecule has 28 heavy (non-hydrogen) atoms. The van der Waals surface area contributed by atoms with Crippen molar-refractivity contribution in [3.63, 3.8) is 0 Å². The third-order valence-electron chi connectivity index (χ3n) is 4.11. The molecule has 0 atom stereocenters. The highest BCUT2D eigenvalue weighted by Gasteiger charge is 2.13. The first-order valence-corrected chi connectivity index (χ1v) is 9.26. The first kappa shape index (κ1) is 19.8. The Hall–Kier alpha value is -3.00. The Kier molecular flexibility index (Phi) is 5.60. The number of aryl methyl sites for hydroxylation is 1. The Morgan fingerprint density at radius 1 is 1.07 bits per heavy atom. The molecule has 0 bridgehead atoms. The minimum Gasteiger partial charge on any atom is -0.326 e. The van der Waals surface area contributed by atoms with Crippen molar-refractivity contribution < 1.29 is 14.0 Å². The molecule has 6 nitrogen and oxygen atoms in total. The minimum atomic E-state index is -0.591. The molecule has 0 aliphatic heterocycles. The van der Waals surface area contributed by atoms with Crippen molar-refractivity contribution in [2.24, 2.45) is 0 Å². The fourth-order valence-corrected chi connectivity index (χ4v) is 2.97. The predicted octanol–water partition coefficient (Wildman–Crippen LogP) is 4.60. The van der Waals surface area contributed by atoms with Crippen LogP contribution in [0.5, 0.6) is 0 Å². The third kappa shape index (κ3) is 4.12. The van der Waals surface area contributed by atoms with Gasteiger partial charge in [-0.3, -0.25) is 9.59 Å². The summed E-state index contributed by atoms with van der Waals surface area (Å²) in [5.74, 6) is -1.33. The fraction of sp³-hybridized carbons (Fsp3) is 0.150. The molecule has 0 aliphatic carbocycles.